The predicted octanol–water partition coefficient (Wildman–Crippen LogP) is 3.51. The maximum atomic E-state index is 5.59. The summed E-state index contributed by atoms with van der Waals surface area (Å²) in [5, 5.41) is 0.484. The molecule has 6 heteroatoms. The second-order valence-electron chi connectivity index (χ2n) is 2.48. The van der Waals surface area contributed by atoms with Crippen LogP contribution in [0.3, 0.4) is 0 Å². The van der Waals surface area contributed by atoms with Gasteiger partial charge < -0.3 is 0 Å². The Bertz CT molecular complexity index is 291. The zero-order valence-corrected chi connectivity index (χ0v) is 10.1. The van der Waals surface area contributed by atoms with Gasteiger partial charge in [0.1, 0.15) is 0 Å². The zero-order chi connectivity index (χ0) is 10.1. The fourth-order valence-corrected chi connectivity index (χ4v) is 2.05. The lowest BCUT2D eigenvalue weighted by Crippen LogP contribution is -1.99. The van der Waals surface area contributed by atoms with E-state index in [4.69, 9.17) is 34.8 Å². The first-order chi connectivity index (χ1) is 5.87. The molecule has 2 nitrogen and oxygen atoms in total. The molecule has 0 saturated carbocycles. The summed E-state index contributed by atoms with van der Waals surface area (Å²) < 4.78 is -1.40. The van der Waals surface area contributed by atoms with Crippen molar-refractivity contribution < 1.29 is 0 Å². The third-order valence-electron chi connectivity index (χ3n) is 1.17. The Balaban J connectivity index is 2.90. The van der Waals surface area contributed by atoms with E-state index < -0.39 is 3.12 Å². The largest absolute Gasteiger partial charge is 0.244 e. The van der Waals surface area contributed by atoms with Gasteiger partial charge in [-0.15, -0.1) is 0 Å². The number of hydrogen-bond acceptors (Lipinski definition) is 3. The van der Waals surface area contributed by atoms with Crippen molar-refractivity contribution in [1.29, 1.82) is 0 Å². The first kappa shape index (κ1) is 11.4. The second-order valence-corrected chi connectivity index (χ2v) is 6.62. The van der Waals surface area contributed by atoms with Gasteiger partial charge in [-0.1, -0.05) is 34.8 Å². The number of aryl methyl sites for hydroxylation is 2. The Morgan fingerprint density at radius 1 is 1.15 bits per heavy atom. The first-order valence-corrected chi connectivity index (χ1v) is 5.40. The molecule has 0 aliphatic heterocycles. The van der Waals surface area contributed by atoms with Gasteiger partial charge in [-0.3, -0.25) is 0 Å². The van der Waals surface area contributed by atoms with Crippen LogP contribution in [0.15, 0.2) is 11.2 Å². The van der Waals surface area contributed by atoms with Gasteiger partial charge in [0, 0.05) is 11.4 Å². The van der Waals surface area contributed by atoms with Crippen molar-refractivity contribution in [1.82, 2.24) is 9.97 Å². The molecule has 1 aromatic heterocycles. The smallest absolute Gasteiger partial charge is 0.228 e. The molecule has 1 rings (SSSR count). The molecule has 0 aliphatic rings. The molecule has 1 aromatic rings. The summed E-state index contributed by atoms with van der Waals surface area (Å²) >= 11 is 17.8. The van der Waals surface area contributed by atoms with Crippen molar-refractivity contribution >= 4 is 46.6 Å². The second kappa shape index (κ2) is 4.22. The molecule has 0 aromatic carbocycles. The van der Waals surface area contributed by atoms with Gasteiger partial charge in [0.15, 0.2) is 5.16 Å². The predicted molar refractivity (Wildman–Crippen MR) is 57.7 cm³/mol. The molecule has 0 fully saturated rings. The van der Waals surface area contributed by atoms with Gasteiger partial charge in [-0.05, 0) is 31.7 Å². The van der Waals surface area contributed by atoms with E-state index in [1.807, 2.05) is 19.9 Å². The molecule has 1 heterocycles. The van der Waals surface area contributed by atoms with Crippen LogP contribution < -0.4 is 0 Å². The number of alkyl halides is 3. The highest BCUT2D eigenvalue weighted by molar-refractivity contribution is 8.04. The summed E-state index contributed by atoms with van der Waals surface area (Å²) in [5.74, 6) is 0. The molecule has 13 heavy (non-hydrogen) atoms. The minimum Gasteiger partial charge on any atom is -0.228 e. The van der Waals surface area contributed by atoms with Crippen molar-refractivity contribution in [2.45, 2.75) is 22.1 Å². The molecule has 0 spiro atoms. The average molecular weight is 258 g/mol. The topological polar surface area (TPSA) is 25.8 Å². The van der Waals surface area contributed by atoms with Crippen LogP contribution in [-0.2, 0) is 0 Å². The van der Waals surface area contributed by atoms with E-state index in [1.54, 1.807) is 0 Å². The number of hydrogen-bond donors (Lipinski definition) is 0. The molecule has 72 valence electrons. The van der Waals surface area contributed by atoms with Crippen LogP contribution in [0.5, 0.6) is 0 Å². The summed E-state index contributed by atoms with van der Waals surface area (Å²) in [4.78, 5) is 8.24. The Morgan fingerprint density at radius 2 is 1.62 bits per heavy atom. The van der Waals surface area contributed by atoms with E-state index in [0.717, 1.165) is 23.1 Å². The SMILES string of the molecule is Cc1cc(C)nc(SC(Cl)(Cl)Cl)n1. The summed E-state index contributed by atoms with van der Waals surface area (Å²) in [7, 11) is 0. The van der Waals surface area contributed by atoms with Crippen LogP contribution in [0.4, 0.5) is 0 Å². The maximum absolute atomic E-state index is 5.59. The van der Waals surface area contributed by atoms with E-state index >= 15 is 0 Å². The van der Waals surface area contributed by atoms with Crippen LogP contribution in [0.1, 0.15) is 11.4 Å². The van der Waals surface area contributed by atoms with E-state index in [2.05, 4.69) is 9.97 Å². The average Bonchev–Trinajstić information content (AvgIpc) is 1.78. The zero-order valence-electron chi connectivity index (χ0n) is 7.01. The number of halogens is 3. The molecular weight excluding hydrogens is 251 g/mol. The molecule has 0 bridgehead atoms. The van der Waals surface area contributed by atoms with Gasteiger partial charge in [-0.25, -0.2) is 9.97 Å². The van der Waals surface area contributed by atoms with Gasteiger partial charge in [0.2, 0.25) is 3.12 Å². The molecule has 0 N–H and O–H groups in total. The van der Waals surface area contributed by atoms with Gasteiger partial charge in [-0.2, -0.15) is 0 Å². The van der Waals surface area contributed by atoms with E-state index in [-0.39, 0.29) is 0 Å². The number of aromatic nitrogens is 2. The van der Waals surface area contributed by atoms with Gasteiger partial charge in [0.05, 0.1) is 0 Å². The molecule has 0 atom stereocenters. The molecule has 0 amide bonds. The van der Waals surface area contributed by atoms with Crippen LogP contribution in [-0.4, -0.2) is 13.1 Å². The van der Waals surface area contributed by atoms with Crippen LogP contribution in [0, 0.1) is 13.8 Å². The third kappa shape index (κ3) is 4.36. The molecule has 0 aliphatic carbocycles. The Kier molecular flexibility index (Phi) is 3.69. The maximum Gasteiger partial charge on any atom is 0.244 e. The van der Waals surface area contributed by atoms with Crippen LogP contribution >= 0.6 is 46.6 Å². The number of nitrogens with zero attached hydrogens (tertiary/aromatic N) is 2. The lowest BCUT2D eigenvalue weighted by Gasteiger charge is -2.08. The summed E-state index contributed by atoms with van der Waals surface area (Å²) in [6.45, 7) is 3.74. The Morgan fingerprint density at radius 3 is 2.00 bits per heavy atom. The summed E-state index contributed by atoms with van der Waals surface area (Å²) in [6.07, 6.45) is 0. The first-order valence-electron chi connectivity index (χ1n) is 3.45. The molecule has 0 radical (unpaired) electrons. The highest BCUT2D eigenvalue weighted by atomic mass is 35.6. The minimum absolute atomic E-state index is 0.484. The third-order valence-corrected chi connectivity index (χ3v) is 2.46. The highest BCUT2D eigenvalue weighted by Crippen LogP contribution is 2.42. The Hall–Kier alpha value is 0.300. The van der Waals surface area contributed by atoms with Gasteiger partial charge >= 0.3 is 0 Å². The summed E-state index contributed by atoms with van der Waals surface area (Å²) in [6, 6.07) is 1.86. The van der Waals surface area contributed by atoms with E-state index in [1.165, 1.54) is 0 Å². The van der Waals surface area contributed by atoms with E-state index in [9.17, 15) is 0 Å². The number of rotatable bonds is 1. The quantitative estimate of drug-likeness (QED) is 0.437. The molecule has 0 unspecified atom stereocenters. The summed E-state index contributed by atoms with van der Waals surface area (Å²) in [5.41, 5.74) is 1.73. The van der Waals surface area contributed by atoms with Crippen LogP contribution in [0.25, 0.3) is 0 Å². The molecule has 0 saturated heterocycles. The van der Waals surface area contributed by atoms with Crippen molar-refractivity contribution in [3.63, 3.8) is 0 Å². The van der Waals surface area contributed by atoms with Crippen molar-refractivity contribution in [3.05, 3.63) is 17.5 Å². The van der Waals surface area contributed by atoms with Crippen molar-refractivity contribution in [3.8, 4) is 0 Å². The normalized spacial score (nSPS) is 11.8. The monoisotopic (exact) mass is 256 g/mol. The fraction of sp³-hybridized carbons (Fsp3) is 0.429. The van der Waals surface area contributed by atoms with Crippen molar-refractivity contribution in [2.24, 2.45) is 0 Å². The number of thioether (sulfide) groups is 1. The van der Waals surface area contributed by atoms with Crippen molar-refractivity contribution in [2.75, 3.05) is 0 Å². The Labute approximate surface area is 96.0 Å². The fourth-order valence-electron chi connectivity index (χ4n) is 0.843. The standard InChI is InChI=1S/C7H7Cl3N2S/c1-4-3-5(2)12-6(11-4)13-7(8,9)10/h3H,1-2H3. The molecular formula is C7H7Cl3N2S. The lowest BCUT2D eigenvalue weighted by molar-refractivity contribution is 0.902. The lowest BCUT2D eigenvalue weighted by atomic mass is 10.4. The minimum atomic E-state index is -1.40. The van der Waals surface area contributed by atoms with Gasteiger partial charge in [0.25, 0.3) is 0 Å². The highest BCUT2D eigenvalue weighted by Gasteiger charge is 2.23. The van der Waals surface area contributed by atoms with E-state index in [0.29, 0.717) is 5.16 Å². The van der Waals surface area contributed by atoms with Crippen LogP contribution in [0.2, 0.25) is 0 Å².